The van der Waals surface area contributed by atoms with E-state index in [0.29, 0.717) is 11.3 Å². The molecule has 0 bridgehead atoms. The van der Waals surface area contributed by atoms with Crippen LogP contribution in [0.3, 0.4) is 0 Å². The summed E-state index contributed by atoms with van der Waals surface area (Å²) in [4.78, 5) is 13.2. The van der Waals surface area contributed by atoms with E-state index in [1.165, 1.54) is 24.1 Å². The number of allylic oxidation sites excluding steroid dienone is 1. The van der Waals surface area contributed by atoms with E-state index in [0.717, 1.165) is 6.07 Å². The largest absolute Gasteiger partial charge is 0.347 e. The molecule has 0 unspecified atom stereocenters. The zero-order valence-corrected chi connectivity index (χ0v) is 14.2. The minimum Gasteiger partial charge on any atom is -0.347 e. The normalized spacial score (nSPS) is 21.2. The van der Waals surface area contributed by atoms with Gasteiger partial charge in [-0.2, -0.15) is 10.4 Å². The number of halogens is 1. The third-order valence-electron chi connectivity index (χ3n) is 3.80. The van der Waals surface area contributed by atoms with Crippen molar-refractivity contribution in [3.63, 3.8) is 0 Å². The Balaban J connectivity index is 2.34. The zero-order chi connectivity index (χ0) is 18.6. The maximum absolute atomic E-state index is 13.7. The number of hydrazone groups is 1. The molecule has 7 nitrogen and oxygen atoms in total. The fourth-order valence-corrected chi connectivity index (χ4v) is 2.44. The highest BCUT2D eigenvalue weighted by Crippen LogP contribution is 2.19. The molecule has 1 heterocycles. The third-order valence-corrected chi connectivity index (χ3v) is 3.80. The molecular formula is C17H19FN6O. The van der Waals surface area contributed by atoms with Crippen molar-refractivity contribution in [2.45, 2.75) is 18.9 Å². The molecule has 0 aliphatic carbocycles. The van der Waals surface area contributed by atoms with E-state index in [2.05, 4.69) is 15.8 Å². The molecule has 0 radical (unpaired) electrons. The van der Waals surface area contributed by atoms with E-state index < -0.39 is 11.4 Å². The molecule has 0 aromatic heterocycles. The summed E-state index contributed by atoms with van der Waals surface area (Å²) in [7, 11) is 3.14. The van der Waals surface area contributed by atoms with Gasteiger partial charge >= 0.3 is 0 Å². The number of amides is 1. The minimum absolute atomic E-state index is 0.00743. The average Bonchev–Trinajstić information content (AvgIpc) is 2.55. The fraction of sp³-hybridized carbons (Fsp3) is 0.294. The van der Waals surface area contributed by atoms with E-state index in [9.17, 15) is 9.18 Å². The zero-order valence-electron chi connectivity index (χ0n) is 14.2. The van der Waals surface area contributed by atoms with Crippen LogP contribution in [0.25, 0.3) is 0 Å². The van der Waals surface area contributed by atoms with Gasteiger partial charge in [-0.1, -0.05) is 6.08 Å². The van der Waals surface area contributed by atoms with Gasteiger partial charge in [0.1, 0.15) is 5.82 Å². The number of carbonyl (C=O) groups is 1. The van der Waals surface area contributed by atoms with Crippen LogP contribution in [0.15, 0.2) is 35.5 Å². The summed E-state index contributed by atoms with van der Waals surface area (Å²) in [6.07, 6.45) is 3.51. The maximum Gasteiger partial charge on any atom is 0.231 e. The Morgan fingerprint density at radius 2 is 2.28 bits per heavy atom. The predicted octanol–water partition coefficient (Wildman–Crippen LogP) is 1.32. The average molecular weight is 342 g/mol. The van der Waals surface area contributed by atoms with Gasteiger partial charge in [-0.3, -0.25) is 15.1 Å². The Kier molecular flexibility index (Phi) is 5.17. The van der Waals surface area contributed by atoms with Crippen molar-refractivity contribution in [2.24, 2.45) is 5.10 Å². The molecule has 1 amide bonds. The van der Waals surface area contributed by atoms with Gasteiger partial charge in [0.25, 0.3) is 0 Å². The lowest BCUT2D eigenvalue weighted by atomic mass is 9.93. The molecule has 130 valence electrons. The lowest BCUT2D eigenvalue weighted by molar-refractivity contribution is -0.128. The molecule has 0 saturated carbocycles. The summed E-state index contributed by atoms with van der Waals surface area (Å²) < 4.78 is 13.7. The van der Waals surface area contributed by atoms with Crippen LogP contribution in [-0.4, -0.2) is 42.1 Å². The highest BCUT2D eigenvalue weighted by atomic mass is 19.1. The fourth-order valence-electron chi connectivity index (χ4n) is 2.44. The van der Waals surface area contributed by atoms with Crippen molar-refractivity contribution in [1.29, 1.82) is 10.7 Å². The number of nitriles is 1. The molecule has 0 spiro atoms. The molecule has 1 aliphatic rings. The van der Waals surface area contributed by atoms with E-state index >= 15 is 0 Å². The van der Waals surface area contributed by atoms with Crippen LogP contribution >= 0.6 is 0 Å². The van der Waals surface area contributed by atoms with Gasteiger partial charge in [0.2, 0.25) is 5.91 Å². The Labute approximate surface area is 145 Å². The Bertz CT molecular complexity index is 790. The van der Waals surface area contributed by atoms with Gasteiger partial charge in [0, 0.05) is 19.7 Å². The SMILES string of the molecule is CN/N=C(\C=C\[C@]1(C)CC(=O)N(C)C(=N)N1)c1cc(F)cc(C#N)c1. The van der Waals surface area contributed by atoms with Crippen molar-refractivity contribution in [3.8, 4) is 6.07 Å². The lowest BCUT2D eigenvalue weighted by Crippen LogP contribution is -2.59. The van der Waals surface area contributed by atoms with E-state index in [-0.39, 0.29) is 23.9 Å². The standard InChI is InChI=1S/C17H19FN6O/c1-17(9-15(25)24(3)16(20)22-17)5-4-14(23-21-2)12-6-11(10-19)7-13(18)8-12/h4-8,21H,9H2,1-3H3,(H2,20,22)/b5-4+,23-14+/t17-/m1/s1. The Morgan fingerprint density at radius 1 is 1.56 bits per heavy atom. The minimum atomic E-state index is -0.763. The number of benzene rings is 1. The van der Waals surface area contributed by atoms with Gasteiger partial charge in [0.15, 0.2) is 5.96 Å². The molecule has 8 heteroatoms. The second-order valence-corrected chi connectivity index (χ2v) is 5.91. The molecule has 2 rings (SSSR count). The molecule has 3 N–H and O–H groups in total. The van der Waals surface area contributed by atoms with Gasteiger partial charge in [0.05, 0.1) is 29.3 Å². The van der Waals surface area contributed by atoms with Crippen LogP contribution in [0.5, 0.6) is 0 Å². The molecule has 25 heavy (non-hydrogen) atoms. The first-order valence-corrected chi connectivity index (χ1v) is 7.56. The summed E-state index contributed by atoms with van der Waals surface area (Å²) in [5.41, 5.74) is 2.90. The van der Waals surface area contributed by atoms with Crippen molar-refractivity contribution in [1.82, 2.24) is 15.6 Å². The van der Waals surface area contributed by atoms with Crippen molar-refractivity contribution in [3.05, 3.63) is 47.3 Å². The van der Waals surface area contributed by atoms with Gasteiger partial charge in [-0.05, 0) is 31.2 Å². The molecule has 1 aliphatic heterocycles. The molecule has 1 aromatic carbocycles. The number of hydrogen-bond acceptors (Lipinski definition) is 5. The first-order valence-electron chi connectivity index (χ1n) is 7.56. The number of nitrogens with one attached hydrogen (secondary N) is 3. The molecule has 1 aromatic rings. The van der Waals surface area contributed by atoms with Crippen molar-refractivity contribution >= 4 is 17.6 Å². The van der Waals surface area contributed by atoms with Gasteiger partial charge in [-0.15, -0.1) is 0 Å². The smallest absolute Gasteiger partial charge is 0.231 e. The summed E-state index contributed by atoms with van der Waals surface area (Å²) in [6.45, 7) is 1.78. The quantitative estimate of drug-likeness (QED) is 0.567. The Hall–Kier alpha value is -3.21. The number of hydrogen-bond donors (Lipinski definition) is 3. The monoisotopic (exact) mass is 342 g/mol. The summed E-state index contributed by atoms with van der Waals surface area (Å²) >= 11 is 0. The summed E-state index contributed by atoms with van der Waals surface area (Å²) in [6, 6.07) is 5.85. The molecule has 1 fully saturated rings. The summed E-state index contributed by atoms with van der Waals surface area (Å²) in [5.74, 6) is -0.708. The number of guanidine groups is 1. The predicted molar refractivity (Wildman–Crippen MR) is 92.5 cm³/mol. The second kappa shape index (κ2) is 7.13. The van der Waals surface area contributed by atoms with E-state index in [1.54, 1.807) is 26.1 Å². The first kappa shape index (κ1) is 18.1. The lowest BCUT2D eigenvalue weighted by Gasteiger charge is -2.37. The van der Waals surface area contributed by atoms with Gasteiger partial charge in [-0.25, -0.2) is 4.39 Å². The first-order chi connectivity index (χ1) is 11.8. The second-order valence-electron chi connectivity index (χ2n) is 5.91. The molecule has 1 atom stereocenters. The Morgan fingerprint density at radius 3 is 2.88 bits per heavy atom. The highest BCUT2D eigenvalue weighted by Gasteiger charge is 2.34. The van der Waals surface area contributed by atoms with Crippen LogP contribution < -0.4 is 10.7 Å². The maximum atomic E-state index is 13.7. The molecule has 1 saturated heterocycles. The third kappa shape index (κ3) is 4.20. The van der Waals surface area contributed by atoms with Crippen molar-refractivity contribution < 1.29 is 9.18 Å². The number of rotatable bonds is 4. The van der Waals surface area contributed by atoms with E-state index in [1.807, 2.05) is 6.07 Å². The van der Waals surface area contributed by atoms with Crippen LogP contribution in [0.4, 0.5) is 4.39 Å². The van der Waals surface area contributed by atoms with Crippen molar-refractivity contribution in [2.75, 3.05) is 14.1 Å². The number of carbonyl (C=O) groups excluding carboxylic acids is 1. The highest BCUT2D eigenvalue weighted by molar-refractivity contribution is 6.09. The van der Waals surface area contributed by atoms with Crippen LogP contribution in [0.2, 0.25) is 0 Å². The van der Waals surface area contributed by atoms with E-state index in [4.69, 9.17) is 10.7 Å². The van der Waals surface area contributed by atoms with Gasteiger partial charge < -0.3 is 10.7 Å². The number of nitrogens with zero attached hydrogens (tertiary/aromatic N) is 3. The van der Waals surface area contributed by atoms with Crippen LogP contribution in [0, 0.1) is 22.6 Å². The summed E-state index contributed by atoms with van der Waals surface area (Å²) in [5, 5.41) is 23.9. The molecular weight excluding hydrogens is 323 g/mol. The topological polar surface area (TPSA) is 104 Å². The van der Waals surface area contributed by atoms with Crippen LogP contribution in [0.1, 0.15) is 24.5 Å². The van der Waals surface area contributed by atoms with Crippen LogP contribution in [-0.2, 0) is 4.79 Å².